The standard InChI is InChI=1S/C9H17NO2/c1-5(2)8(11)7-6(3)10(4)9(7)12/h5-8,11H,1-4H3/t6-,7-,8+/m1/s1. The summed E-state index contributed by atoms with van der Waals surface area (Å²) < 4.78 is 0. The molecule has 0 spiro atoms. The average molecular weight is 171 g/mol. The maximum absolute atomic E-state index is 11.3. The average Bonchev–Trinajstić information content (AvgIpc) is 2.03. The molecule has 1 N–H and O–H groups in total. The van der Waals surface area contributed by atoms with Crippen LogP contribution in [0.3, 0.4) is 0 Å². The fourth-order valence-electron chi connectivity index (χ4n) is 1.65. The minimum absolute atomic E-state index is 0.0729. The number of aliphatic hydroxyl groups is 1. The first-order valence-corrected chi connectivity index (χ1v) is 4.41. The molecular formula is C9H17NO2. The first-order valence-electron chi connectivity index (χ1n) is 4.41. The summed E-state index contributed by atoms with van der Waals surface area (Å²) in [6, 6.07) is 0.190. The minimum atomic E-state index is -0.483. The Morgan fingerprint density at radius 1 is 1.50 bits per heavy atom. The minimum Gasteiger partial charge on any atom is -0.392 e. The predicted octanol–water partition coefficient (Wildman–Crippen LogP) is 0.480. The Bertz CT molecular complexity index is 191. The number of aliphatic hydroxyl groups excluding tert-OH is 1. The van der Waals surface area contributed by atoms with Crippen LogP contribution in [0.1, 0.15) is 20.8 Å². The van der Waals surface area contributed by atoms with E-state index in [1.807, 2.05) is 20.8 Å². The Labute approximate surface area is 73.4 Å². The molecule has 1 amide bonds. The van der Waals surface area contributed by atoms with Crippen LogP contribution >= 0.6 is 0 Å². The molecule has 70 valence electrons. The van der Waals surface area contributed by atoms with E-state index in [0.29, 0.717) is 0 Å². The molecule has 1 aliphatic rings. The van der Waals surface area contributed by atoms with Crippen molar-refractivity contribution in [2.75, 3.05) is 7.05 Å². The van der Waals surface area contributed by atoms with Crippen LogP contribution in [0.15, 0.2) is 0 Å². The zero-order chi connectivity index (χ0) is 9.46. The molecule has 0 radical (unpaired) electrons. The summed E-state index contributed by atoms with van der Waals surface area (Å²) in [4.78, 5) is 13.0. The number of amides is 1. The van der Waals surface area contributed by atoms with E-state index in [1.165, 1.54) is 0 Å². The molecule has 0 bridgehead atoms. The summed E-state index contributed by atoms with van der Waals surface area (Å²) in [5.74, 6) is 0.0637. The van der Waals surface area contributed by atoms with E-state index >= 15 is 0 Å². The monoisotopic (exact) mass is 171 g/mol. The van der Waals surface area contributed by atoms with Gasteiger partial charge in [0.25, 0.3) is 0 Å². The molecule has 1 saturated heterocycles. The number of hydrogen-bond acceptors (Lipinski definition) is 2. The zero-order valence-corrected chi connectivity index (χ0v) is 8.11. The molecule has 3 nitrogen and oxygen atoms in total. The van der Waals surface area contributed by atoms with Gasteiger partial charge in [-0.2, -0.15) is 0 Å². The van der Waals surface area contributed by atoms with Crippen LogP contribution in [0.4, 0.5) is 0 Å². The highest BCUT2D eigenvalue weighted by molar-refractivity contribution is 5.86. The molecule has 0 unspecified atom stereocenters. The fourth-order valence-corrected chi connectivity index (χ4v) is 1.65. The van der Waals surface area contributed by atoms with Gasteiger partial charge in [0.1, 0.15) is 0 Å². The Hall–Kier alpha value is -0.570. The van der Waals surface area contributed by atoms with Crippen molar-refractivity contribution < 1.29 is 9.90 Å². The molecule has 1 aliphatic heterocycles. The summed E-state index contributed by atoms with van der Waals surface area (Å²) in [6.07, 6.45) is -0.483. The van der Waals surface area contributed by atoms with Gasteiger partial charge < -0.3 is 10.0 Å². The van der Waals surface area contributed by atoms with Crippen molar-refractivity contribution in [3.8, 4) is 0 Å². The van der Waals surface area contributed by atoms with E-state index in [-0.39, 0.29) is 23.8 Å². The molecule has 0 aromatic heterocycles. The van der Waals surface area contributed by atoms with E-state index in [0.717, 1.165) is 0 Å². The Morgan fingerprint density at radius 2 is 2.00 bits per heavy atom. The second-order valence-electron chi connectivity index (χ2n) is 3.95. The topological polar surface area (TPSA) is 40.5 Å². The van der Waals surface area contributed by atoms with E-state index in [4.69, 9.17) is 0 Å². The van der Waals surface area contributed by atoms with Crippen molar-refractivity contribution in [2.24, 2.45) is 11.8 Å². The van der Waals surface area contributed by atoms with Gasteiger partial charge >= 0.3 is 0 Å². The second kappa shape index (κ2) is 3.05. The number of carbonyl (C=O) groups excluding carboxylic acids is 1. The second-order valence-corrected chi connectivity index (χ2v) is 3.95. The normalized spacial score (nSPS) is 32.2. The van der Waals surface area contributed by atoms with E-state index in [9.17, 15) is 9.90 Å². The van der Waals surface area contributed by atoms with Crippen molar-refractivity contribution >= 4 is 5.91 Å². The van der Waals surface area contributed by atoms with Crippen LogP contribution < -0.4 is 0 Å². The Morgan fingerprint density at radius 3 is 2.33 bits per heavy atom. The predicted molar refractivity (Wildman–Crippen MR) is 46.6 cm³/mol. The summed E-state index contributed by atoms with van der Waals surface area (Å²) in [6.45, 7) is 5.84. The summed E-state index contributed by atoms with van der Waals surface area (Å²) in [7, 11) is 1.77. The van der Waals surface area contributed by atoms with Crippen molar-refractivity contribution in [3.05, 3.63) is 0 Å². The van der Waals surface area contributed by atoms with Gasteiger partial charge in [-0.05, 0) is 12.8 Å². The van der Waals surface area contributed by atoms with Crippen LogP contribution in [0, 0.1) is 11.8 Å². The van der Waals surface area contributed by atoms with Crippen molar-refractivity contribution in [1.82, 2.24) is 4.90 Å². The van der Waals surface area contributed by atoms with Crippen LogP contribution in [-0.4, -0.2) is 35.1 Å². The third-order valence-electron chi connectivity index (χ3n) is 2.81. The lowest BCUT2D eigenvalue weighted by molar-refractivity contribution is -0.162. The van der Waals surface area contributed by atoms with E-state index in [1.54, 1.807) is 11.9 Å². The SMILES string of the molecule is CC(C)[C@H](O)[C@@H]1C(=O)N(C)[C@@H]1C. The van der Waals surface area contributed by atoms with E-state index < -0.39 is 6.10 Å². The number of nitrogens with zero attached hydrogens (tertiary/aromatic N) is 1. The number of likely N-dealkylation sites (tertiary alicyclic amines) is 1. The summed E-state index contributed by atoms with van der Waals surface area (Å²) in [5.41, 5.74) is 0. The van der Waals surface area contributed by atoms with Gasteiger partial charge in [-0.3, -0.25) is 4.79 Å². The molecule has 3 atom stereocenters. The summed E-state index contributed by atoms with van der Waals surface area (Å²) in [5, 5.41) is 9.66. The third kappa shape index (κ3) is 1.22. The van der Waals surface area contributed by atoms with Gasteiger partial charge in [-0.1, -0.05) is 13.8 Å². The van der Waals surface area contributed by atoms with Gasteiger partial charge in [-0.15, -0.1) is 0 Å². The lowest BCUT2D eigenvalue weighted by Gasteiger charge is -2.46. The smallest absolute Gasteiger partial charge is 0.230 e. The van der Waals surface area contributed by atoms with Gasteiger partial charge in [-0.25, -0.2) is 0 Å². The van der Waals surface area contributed by atoms with Crippen LogP contribution in [0.25, 0.3) is 0 Å². The quantitative estimate of drug-likeness (QED) is 0.614. The Balaban J connectivity index is 2.60. The highest BCUT2D eigenvalue weighted by Gasteiger charge is 2.46. The van der Waals surface area contributed by atoms with Gasteiger partial charge in [0.2, 0.25) is 5.91 Å². The number of rotatable bonds is 2. The van der Waals surface area contributed by atoms with Crippen molar-refractivity contribution in [2.45, 2.75) is 32.9 Å². The zero-order valence-electron chi connectivity index (χ0n) is 8.11. The molecule has 0 aromatic carbocycles. The highest BCUT2D eigenvalue weighted by Crippen LogP contribution is 2.30. The van der Waals surface area contributed by atoms with Crippen LogP contribution in [-0.2, 0) is 4.79 Å². The maximum atomic E-state index is 11.3. The van der Waals surface area contributed by atoms with Gasteiger partial charge in [0, 0.05) is 13.1 Å². The fraction of sp³-hybridized carbons (Fsp3) is 0.889. The molecule has 0 saturated carbocycles. The molecular weight excluding hydrogens is 154 g/mol. The van der Waals surface area contributed by atoms with E-state index in [2.05, 4.69) is 0 Å². The molecule has 3 heteroatoms. The van der Waals surface area contributed by atoms with Gasteiger partial charge in [0.15, 0.2) is 0 Å². The molecule has 0 aromatic rings. The summed E-state index contributed by atoms with van der Waals surface area (Å²) >= 11 is 0. The number of hydrogen-bond donors (Lipinski definition) is 1. The molecule has 1 fully saturated rings. The van der Waals surface area contributed by atoms with Gasteiger partial charge in [0.05, 0.1) is 12.0 Å². The largest absolute Gasteiger partial charge is 0.392 e. The third-order valence-corrected chi connectivity index (χ3v) is 2.81. The van der Waals surface area contributed by atoms with Crippen molar-refractivity contribution in [1.29, 1.82) is 0 Å². The first kappa shape index (κ1) is 9.52. The maximum Gasteiger partial charge on any atom is 0.230 e. The number of β-lactam (4-membered cyclic amide) rings is 1. The van der Waals surface area contributed by atoms with Crippen molar-refractivity contribution in [3.63, 3.8) is 0 Å². The highest BCUT2D eigenvalue weighted by atomic mass is 16.3. The number of carbonyl (C=O) groups is 1. The molecule has 1 rings (SSSR count). The molecule has 12 heavy (non-hydrogen) atoms. The lowest BCUT2D eigenvalue weighted by Crippen LogP contribution is -2.62. The molecule has 1 heterocycles. The lowest BCUT2D eigenvalue weighted by atomic mass is 9.80. The Kier molecular flexibility index (Phi) is 2.42. The van der Waals surface area contributed by atoms with Crippen LogP contribution in [0.5, 0.6) is 0 Å². The first-order chi connectivity index (χ1) is 5.46. The molecule has 0 aliphatic carbocycles. The van der Waals surface area contributed by atoms with Crippen LogP contribution in [0.2, 0.25) is 0 Å².